The Bertz CT molecular complexity index is 576. The van der Waals surface area contributed by atoms with Crippen LogP contribution in [0.3, 0.4) is 0 Å². The van der Waals surface area contributed by atoms with Crippen LogP contribution < -0.4 is 4.74 Å². The van der Waals surface area contributed by atoms with Crippen molar-refractivity contribution in [2.45, 2.75) is 38.0 Å². The van der Waals surface area contributed by atoms with Crippen LogP contribution >= 0.6 is 0 Å². The molecule has 0 aromatic carbocycles. The van der Waals surface area contributed by atoms with Gasteiger partial charge >= 0.3 is 18.2 Å². The molecule has 0 amide bonds. The van der Waals surface area contributed by atoms with Crippen LogP contribution in [0.5, 0.6) is 6.01 Å². The van der Waals surface area contributed by atoms with E-state index in [0.717, 1.165) is 25.7 Å². The number of hydrogen-bond donors (Lipinski definition) is 1. The third-order valence-corrected chi connectivity index (χ3v) is 4.20. The number of hydrogen-bond acceptors (Lipinski definition) is 4. The maximum Gasteiger partial charge on any atom is 0.434 e. The summed E-state index contributed by atoms with van der Waals surface area (Å²) in [6, 6.07) is -0.398. The molecule has 3 rings (SSSR count). The zero-order valence-corrected chi connectivity index (χ0v) is 10.9. The first-order chi connectivity index (χ1) is 9.84. The first kappa shape index (κ1) is 14.1. The van der Waals surface area contributed by atoms with Crippen molar-refractivity contribution in [1.29, 1.82) is 0 Å². The second kappa shape index (κ2) is 4.85. The molecule has 2 fully saturated rings. The molecule has 21 heavy (non-hydrogen) atoms. The van der Waals surface area contributed by atoms with Crippen LogP contribution in [-0.2, 0) is 6.18 Å². The van der Waals surface area contributed by atoms with Gasteiger partial charge in [-0.1, -0.05) is 0 Å². The molecule has 5 nitrogen and oxygen atoms in total. The number of ether oxygens (including phenoxy) is 1. The minimum absolute atomic E-state index is 0.166. The summed E-state index contributed by atoms with van der Waals surface area (Å²) < 4.78 is 44.0. The molecule has 0 radical (unpaired) electrons. The van der Waals surface area contributed by atoms with Crippen molar-refractivity contribution in [2.24, 2.45) is 11.8 Å². The summed E-state index contributed by atoms with van der Waals surface area (Å²) in [5.74, 6) is -0.804. The number of halogens is 3. The van der Waals surface area contributed by atoms with Crippen molar-refractivity contribution in [1.82, 2.24) is 9.97 Å². The van der Waals surface area contributed by atoms with Gasteiger partial charge in [-0.25, -0.2) is 9.78 Å². The van der Waals surface area contributed by atoms with E-state index in [2.05, 4.69) is 9.97 Å². The average molecular weight is 302 g/mol. The maximum absolute atomic E-state index is 12.8. The molecule has 1 N–H and O–H groups in total. The molecule has 2 bridgehead atoms. The fraction of sp³-hybridized carbons (Fsp3) is 0.615. The fourth-order valence-electron chi connectivity index (χ4n) is 3.26. The first-order valence-electron chi connectivity index (χ1n) is 6.69. The second-order valence-electron chi connectivity index (χ2n) is 5.55. The number of nitrogens with zero attached hydrogens (tertiary/aromatic N) is 2. The Labute approximate surface area is 118 Å². The van der Waals surface area contributed by atoms with Crippen molar-refractivity contribution in [3.8, 4) is 6.01 Å². The predicted octanol–water partition coefficient (Wildman–Crippen LogP) is 2.76. The number of alkyl halides is 3. The molecule has 2 aliphatic rings. The lowest BCUT2D eigenvalue weighted by molar-refractivity contribution is -0.142. The smallest absolute Gasteiger partial charge is 0.434 e. The topological polar surface area (TPSA) is 72.3 Å². The highest BCUT2D eigenvalue weighted by molar-refractivity contribution is 5.88. The predicted molar refractivity (Wildman–Crippen MR) is 63.9 cm³/mol. The van der Waals surface area contributed by atoms with Gasteiger partial charge in [-0.2, -0.15) is 18.2 Å². The van der Waals surface area contributed by atoms with Crippen LogP contribution in [0.25, 0.3) is 0 Å². The number of carboxylic acids is 1. The van der Waals surface area contributed by atoms with E-state index in [1.165, 1.54) is 0 Å². The van der Waals surface area contributed by atoms with E-state index in [1.807, 2.05) is 0 Å². The van der Waals surface area contributed by atoms with E-state index in [9.17, 15) is 18.0 Å². The Morgan fingerprint density at radius 1 is 1.33 bits per heavy atom. The Kier molecular flexibility index (Phi) is 3.26. The van der Waals surface area contributed by atoms with Gasteiger partial charge in [-0.15, -0.1) is 0 Å². The van der Waals surface area contributed by atoms with Crippen LogP contribution in [0.1, 0.15) is 41.7 Å². The number of rotatable bonds is 3. The highest BCUT2D eigenvalue weighted by atomic mass is 19.4. The van der Waals surface area contributed by atoms with E-state index in [1.54, 1.807) is 0 Å². The minimum Gasteiger partial charge on any atom is -0.478 e. The summed E-state index contributed by atoms with van der Waals surface area (Å²) in [7, 11) is 0. The summed E-state index contributed by atoms with van der Waals surface area (Å²) >= 11 is 0. The molecule has 2 aliphatic carbocycles. The number of carboxylic acid groups (broad SMARTS) is 1. The summed E-state index contributed by atoms with van der Waals surface area (Å²) in [6.07, 6.45) is -0.392. The number of fused-ring (bicyclic) bond motifs is 2. The van der Waals surface area contributed by atoms with E-state index >= 15 is 0 Å². The Morgan fingerprint density at radius 3 is 2.62 bits per heavy atom. The van der Waals surface area contributed by atoms with Gasteiger partial charge < -0.3 is 9.84 Å². The molecule has 3 atom stereocenters. The number of aromatic carboxylic acids is 1. The monoisotopic (exact) mass is 302 g/mol. The highest BCUT2D eigenvalue weighted by Gasteiger charge is 2.42. The Hall–Kier alpha value is -1.86. The molecule has 0 aliphatic heterocycles. The van der Waals surface area contributed by atoms with Crippen molar-refractivity contribution >= 4 is 5.97 Å². The highest BCUT2D eigenvalue weighted by Crippen LogP contribution is 2.45. The maximum atomic E-state index is 12.8. The van der Waals surface area contributed by atoms with Crippen LogP contribution in [0.2, 0.25) is 0 Å². The summed E-state index contributed by atoms with van der Waals surface area (Å²) in [6.45, 7) is 0. The number of aromatic nitrogens is 2. The lowest BCUT2D eigenvalue weighted by Crippen LogP contribution is -2.25. The van der Waals surface area contributed by atoms with Crippen molar-refractivity contribution in [2.75, 3.05) is 0 Å². The molecule has 1 aromatic heterocycles. The van der Waals surface area contributed by atoms with Crippen LogP contribution in [0.4, 0.5) is 13.2 Å². The normalized spacial score (nSPS) is 27.9. The van der Waals surface area contributed by atoms with E-state index in [0.29, 0.717) is 18.0 Å². The van der Waals surface area contributed by atoms with Gasteiger partial charge in [0.15, 0.2) is 5.69 Å². The van der Waals surface area contributed by atoms with Gasteiger partial charge in [0.2, 0.25) is 0 Å². The number of carbonyl (C=O) groups is 1. The van der Waals surface area contributed by atoms with Gasteiger partial charge in [0.1, 0.15) is 11.7 Å². The third-order valence-electron chi connectivity index (χ3n) is 4.20. The van der Waals surface area contributed by atoms with Crippen molar-refractivity contribution < 1.29 is 27.8 Å². The van der Waals surface area contributed by atoms with E-state index < -0.39 is 29.4 Å². The van der Waals surface area contributed by atoms with Gasteiger partial charge in [0.25, 0.3) is 0 Å². The van der Waals surface area contributed by atoms with Crippen LogP contribution in [-0.4, -0.2) is 27.1 Å². The lowest BCUT2D eigenvalue weighted by atomic mass is 9.98. The minimum atomic E-state index is -4.86. The third kappa shape index (κ3) is 2.66. The molecule has 8 heteroatoms. The molecule has 1 heterocycles. The van der Waals surface area contributed by atoms with Crippen molar-refractivity contribution in [3.05, 3.63) is 17.5 Å². The molecular formula is C13H13F3N2O3. The molecule has 2 saturated carbocycles. The van der Waals surface area contributed by atoms with Gasteiger partial charge in [-0.3, -0.25) is 0 Å². The Morgan fingerprint density at radius 2 is 2.10 bits per heavy atom. The zero-order chi connectivity index (χ0) is 15.2. The fourth-order valence-corrected chi connectivity index (χ4v) is 3.26. The molecule has 114 valence electrons. The Balaban J connectivity index is 1.85. The van der Waals surface area contributed by atoms with E-state index in [4.69, 9.17) is 9.84 Å². The van der Waals surface area contributed by atoms with Crippen LogP contribution in [0, 0.1) is 11.8 Å². The SMILES string of the molecule is O=C(O)c1cnc(O[C@@H]2C[C@@H]3CC[C@@H]2C3)nc1C(F)(F)F. The zero-order valence-electron chi connectivity index (χ0n) is 10.9. The van der Waals surface area contributed by atoms with Gasteiger partial charge in [0.05, 0.1) is 0 Å². The molecule has 0 saturated heterocycles. The van der Waals surface area contributed by atoms with Crippen LogP contribution in [0.15, 0.2) is 6.20 Å². The van der Waals surface area contributed by atoms with Crippen molar-refractivity contribution in [3.63, 3.8) is 0 Å². The molecular weight excluding hydrogens is 289 g/mol. The summed E-state index contributed by atoms with van der Waals surface area (Å²) in [5, 5.41) is 8.77. The molecule has 0 unspecified atom stereocenters. The standard InChI is InChI=1S/C13H13F3N2O3/c14-13(15,16)10-8(11(19)20)5-17-12(18-10)21-9-4-6-1-2-7(9)3-6/h5-7,9H,1-4H2,(H,19,20)/t6-,7-,9-/m1/s1. The summed E-state index contributed by atoms with van der Waals surface area (Å²) in [4.78, 5) is 17.7. The molecule has 1 aromatic rings. The lowest BCUT2D eigenvalue weighted by Gasteiger charge is -2.22. The largest absolute Gasteiger partial charge is 0.478 e. The van der Waals surface area contributed by atoms with Gasteiger partial charge in [0, 0.05) is 6.20 Å². The molecule has 0 spiro atoms. The van der Waals surface area contributed by atoms with E-state index in [-0.39, 0.29) is 6.10 Å². The quantitative estimate of drug-likeness (QED) is 0.929. The van der Waals surface area contributed by atoms with Gasteiger partial charge in [-0.05, 0) is 37.5 Å². The summed E-state index contributed by atoms with van der Waals surface area (Å²) in [5.41, 5.74) is -2.44. The average Bonchev–Trinajstić information content (AvgIpc) is 2.99. The first-order valence-corrected chi connectivity index (χ1v) is 6.69. The second-order valence-corrected chi connectivity index (χ2v) is 5.55.